The van der Waals surface area contributed by atoms with Crippen LogP contribution in [0.15, 0.2) is 18.3 Å². The van der Waals surface area contributed by atoms with E-state index in [4.69, 9.17) is 5.26 Å². The molecule has 1 rings (SSSR count). The third-order valence-electron chi connectivity index (χ3n) is 1.76. The van der Waals surface area contributed by atoms with Crippen LogP contribution >= 0.6 is 0 Å². The van der Waals surface area contributed by atoms with E-state index in [1.807, 2.05) is 6.07 Å². The van der Waals surface area contributed by atoms with Crippen LogP contribution in [0, 0.1) is 23.2 Å². The summed E-state index contributed by atoms with van der Waals surface area (Å²) in [6.07, 6.45) is 2.11. The fourth-order valence-electron chi connectivity index (χ4n) is 1.05. The Morgan fingerprint density at radius 2 is 2.44 bits per heavy atom. The van der Waals surface area contributed by atoms with Gasteiger partial charge in [-0.15, -0.1) is 0 Å². The maximum absolute atomic E-state index is 10.6. The highest BCUT2D eigenvalue weighted by Gasteiger charge is 1.96. The van der Waals surface area contributed by atoms with Gasteiger partial charge >= 0.3 is 0 Å². The van der Waals surface area contributed by atoms with Gasteiger partial charge in [-0.3, -0.25) is 4.79 Å². The molecule has 1 heterocycles. The van der Waals surface area contributed by atoms with Crippen molar-refractivity contribution in [1.82, 2.24) is 10.3 Å². The first-order valence-electron chi connectivity index (χ1n) is 4.82. The van der Waals surface area contributed by atoms with Gasteiger partial charge in [0.2, 0.25) is 5.91 Å². The van der Waals surface area contributed by atoms with Crippen molar-refractivity contribution in [3.05, 3.63) is 29.6 Å². The predicted octanol–water partition coefficient (Wildman–Crippen LogP) is 0.831. The summed E-state index contributed by atoms with van der Waals surface area (Å²) in [5, 5.41) is 11.4. The van der Waals surface area contributed by atoms with E-state index in [0.717, 1.165) is 0 Å². The van der Waals surface area contributed by atoms with Crippen LogP contribution in [0.3, 0.4) is 0 Å². The van der Waals surface area contributed by atoms with Gasteiger partial charge in [-0.05, 0) is 12.1 Å². The van der Waals surface area contributed by atoms with E-state index >= 15 is 0 Å². The summed E-state index contributed by atoms with van der Waals surface area (Å²) in [6, 6.07) is 5.45. The normalized spacial score (nSPS) is 8.50. The Morgan fingerprint density at radius 3 is 3.12 bits per heavy atom. The zero-order chi connectivity index (χ0) is 11.8. The molecule has 0 aliphatic carbocycles. The average molecular weight is 213 g/mol. The number of amides is 1. The minimum Gasteiger partial charge on any atom is -0.355 e. The highest BCUT2D eigenvalue weighted by atomic mass is 16.1. The molecule has 1 aromatic heterocycles. The largest absolute Gasteiger partial charge is 0.355 e. The zero-order valence-electron chi connectivity index (χ0n) is 8.95. The number of hydrogen-bond acceptors (Lipinski definition) is 3. The van der Waals surface area contributed by atoms with Gasteiger partial charge in [0.15, 0.2) is 5.69 Å². The van der Waals surface area contributed by atoms with Gasteiger partial charge in [0, 0.05) is 26.1 Å². The molecule has 16 heavy (non-hydrogen) atoms. The van der Waals surface area contributed by atoms with Crippen LogP contribution < -0.4 is 5.32 Å². The second kappa shape index (κ2) is 6.21. The monoisotopic (exact) mass is 213 g/mol. The first-order valence-corrected chi connectivity index (χ1v) is 4.82. The summed E-state index contributed by atoms with van der Waals surface area (Å²) in [7, 11) is 0. The maximum atomic E-state index is 10.6. The molecule has 0 atom stereocenters. The van der Waals surface area contributed by atoms with E-state index in [0.29, 0.717) is 24.2 Å². The summed E-state index contributed by atoms with van der Waals surface area (Å²) >= 11 is 0. The Balaban J connectivity index is 2.57. The standard InChI is InChI=1S/C12H11N3O/c1-10(16)14-7-3-2-5-11-6-4-8-15-12(11)9-13/h4,6,8H,3,7H2,1H3,(H,14,16). The number of nitriles is 1. The molecule has 0 saturated heterocycles. The first-order chi connectivity index (χ1) is 7.74. The van der Waals surface area contributed by atoms with Gasteiger partial charge in [-0.25, -0.2) is 4.98 Å². The lowest BCUT2D eigenvalue weighted by molar-refractivity contribution is -0.118. The van der Waals surface area contributed by atoms with E-state index in [9.17, 15) is 4.79 Å². The molecular weight excluding hydrogens is 202 g/mol. The lowest BCUT2D eigenvalue weighted by atomic mass is 10.2. The molecule has 1 aromatic rings. The van der Waals surface area contributed by atoms with Crippen molar-refractivity contribution >= 4 is 5.91 Å². The lowest BCUT2D eigenvalue weighted by Gasteiger charge is -1.95. The summed E-state index contributed by atoms with van der Waals surface area (Å²) < 4.78 is 0. The molecule has 1 N–H and O–H groups in total. The Morgan fingerprint density at radius 1 is 1.62 bits per heavy atom. The number of carbonyl (C=O) groups is 1. The summed E-state index contributed by atoms with van der Waals surface area (Å²) in [6.45, 7) is 1.98. The maximum Gasteiger partial charge on any atom is 0.216 e. The molecule has 0 aliphatic rings. The summed E-state index contributed by atoms with van der Waals surface area (Å²) in [5.74, 6) is 5.66. The minimum atomic E-state index is -0.0686. The number of carbonyl (C=O) groups excluding carboxylic acids is 1. The van der Waals surface area contributed by atoms with Gasteiger partial charge < -0.3 is 5.32 Å². The third-order valence-corrected chi connectivity index (χ3v) is 1.76. The quantitative estimate of drug-likeness (QED) is 0.584. The molecule has 0 radical (unpaired) electrons. The van der Waals surface area contributed by atoms with Crippen molar-refractivity contribution in [2.45, 2.75) is 13.3 Å². The summed E-state index contributed by atoms with van der Waals surface area (Å²) in [4.78, 5) is 14.5. The fraction of sp³-hybridized carbons (Fsp3) is 0.250. The predicted molar refractivity (Wildman–Crippen MR) is 59.1 cm³/mol. The van der Waals surface area contributed by atoms with Crippen LogP contribution in [0.5, 0.6) is 0 Å². The highest BCUT2D eigenvalue weighted by molar-refractivity contribution is 5.72. The number of hydrogen-bond donors (Lipinski definition) is 1. The first kappa shape index (κ1) is 11.7. The Kier molecular flexibility index (Phi) is 4.56. The van der Waals surface area contributed by atoms with Crippen LogP contribution in [0.4, 0.5) is 0 Å². The van der Waals surface area contributed by atoms with Crippen LogP contribution in [-0.2, 0) is 4.79 Å². The molecule has 0 unspecified atom stereocenters. The Bertz CT molecular complexity index is 477. The van der Waals surface area contributed by atoms with Gasteiger partial charge in [-0.2, -0.15) is 5.26 Å². The minimum absolute atomic E-state index is 0.0686. The number of aromatic nitrogens is 1. The second-order valence-electron chi connectivity index (χ2n) is 3.05. The van der Waals surface area contributed by atoms with Crippen molar-refractivity contribution in [3.63, 3.8) is 0 Å². The Hall–Kier alpha value is -2.33. The van der Waals surface area contributed by atoms with E-state index < -0.39 is 0 Å². The smallest absolute Gasteiger partial charge is 0.216 e. The van der Waals surface area contributed by atoms with E-state index in [1.165, 1.54) is 6.92 Å². The van der Waals surface area contributed by atoms with E-state index in [1.54, 1.807) is 18.3 Å². The van der Waals surface area contributed by atoms with E-state index in [2.05, 4.69) is 22.1 Å². The molecule has 4 nitrogen and oxygen atoms in total. The molecule has 0 aromatic carbocycles. The average Bonchev–Trinajstić information content (AvgIpc) is 2.29. The van der Waals surface area contributed by atoms with Crippen molar-refractivity contribution in [2.75, 3.05) is 6.54 Å². The number of pyridine rings is 1. The molecule has 0 aliphatic heterocycles. The SMILES string of the molecule is CC(=O)NCCC#Cc1cccnc1C#N. The lowest BCUT2D eigenvalue weighted by Crippen LogP contribution is -2.20. The highest BCUT2D eigenvalue weighted by Crippen LogP contribution is 2.00. The number of nitrogens with zero attached hydrogens (tertiary/aromatic N) is 2. The van der Waals surface area contributed by atoms with Crippen molar-refractivity contribution in [3.8, 4) is 17.9 Å². The Labute approximate surface area is 94.3 Å². The molecule has 1 amide bonds. The van der Waals surface area contributed by atoms with Gasteiger partial charge in [0.1, 0.15) is 6.07 Å². The topological polar surface area (TPSA) is 65.8 Å². The number of rotatable bonds is 2. The van der Waals surface area contributed by atoms with Gasteiger partial charge in [0.25, 0.3) is 0 Å². The molecule has 0 bridgehead atoms. The van der Waals surface area contributed by atoms with Crippen molar-refractivity contribution in [2.24, 2.45) is 0 Å². The van der Waals surface area contributed by atoms with Crippen LogP contribution in [0.2, 0.25) is 0 Å². The molecular formula is C12H11N3O. The van der Waals surface area contributed by atoms with Crippen molar-refractivity contribution < 1.29 is 4.79 Å². The molecule has 0 fully saturated rings. The third kappa shape index (κ3) is 3.81. The zero-order valence-corrected chi connectivity index (χ0v) is 8.95. The van der Waals surface area contributed by atoms with Gasteiger partial charge in [-0.1, -0.05) is 11.8 Å². The molecule has 4 heteroatoms. The number of nitrogens with one attached hydrogen (secondary N) is 1. The van der Waals surface area contributed by atoms with Crippen molar-refractivity contribution in [1.29, 1.82) is 5.26 Å². The van der Waals surface area contributed by atoms with Crippen LogP contribution in [-0.4, -0.2) is 17.4 Å². The fourth-order valence-corrected chi connectivity index (χ4v) is 1.05. The molecule has 80 valence electrons. The van der Waals surface area contributed by atoms with Crippen LogP contribution in [0.25, 0.3) is 0 Å². The van der Waals surface area contributed by atoms with Crippen LogP contribution in [0.1, 0.15) is 24.6 Å². The molecule has 0 spiro atoms. The second-order valence-corrected chi connectivity index (χ2v) is 3.05. The summed E-state index contributed by atoms with van der Waals surface area (Å²) in [5.41, 5.74) is 0.947. The van der Waals surface area contributed by atoms with E-state index in [-0.39, 0.29) is 5.91 Å². The van der Waals surface area contributed by atoms with Gasteiger partial charge in [0.05, 0.1) is 5.56 Å². The molecule has 0 saturated carbocycles.